The molecule has 0 N–H and O–H groups in total. The predicted molar refractivity (Wildman–Crippen MR) is 124 cm³/mol. The molecule has 0 bridgehead atoms. The number of aromatic nitrogens is 3. The first-order valence-electron chi connectivity index (χ1n) is 9.42. The van der Waals surface area contributed by atoms with E-state index in [-0.39, 0.29) is 22.5 Å². The van der Waals surface area contributed by atoms with Gasteiger partial charge in [0.1, 0.15) is 0 Å². The third kappa shape index (κ3) is 4.39. The van der Waals surface area contributed by atoms with Gasteiger partial charge in [-0.2, -0.15) is 0 Å². The molecule has 0 saturated heterocycles. The van der Waals surface area contributed by atoms with Gasteiger partial charge in [0.25, 0.3) is 5.56 Å². The minimum atomic E-state index is -0.136. The van der Waals surface area contributed by atoms with Crippen LogP contribution in [0, 0.1) is 0 Å². The zero-order valence-electron chi connectivity index (χ0n) is 17.1. The quantitative estimate of drug-likeness (QED) is 0.374. The Bertz CT molecular complexity index is 1330. The minimum absolute atomic E-state index is 0. The molecule has 4 rings (SSSR count). The average molecular weight is 517 g/mol. The zero-order valence-corrected chi connectivity index (χ0v) is 20.3. The number of rotatable bonds is 5. The highest BCUT2D eigenvalue weighted by atomic mass is 79.9. The van der Waals surface area contributed by atoms with E-state index in [9.17, 15) is 4.79 Å². The summed E-state index contributed by atoms with van der Waals surface area (Å²) in [5, 5.41) is 2.73. The second kappa shape index (κ2) is 9.68. The van der Waals surface area contributed by atoms with Gasteiger partial charge in [0.05, 0.1) is 11.4 Å². The summed E-state index contributed by atoms with van der Waals surface area (Å²) >= 11 is 7.54. The lowest BCUT2D eigenvalue weighted by Crippen LogP contribution is -3.00. The van der Waals surface area contributed by atoms with Crippen molar-refractivity contribution in [2.75, 3.05) is 0 Å². The molecule has 2 heterocycles. The van der Waals surface area contributed by atoms with E-state index in [2.05, 4.69) is 11.1 Å². The fourth-order valence-electron chi connectivity index (χ4n) is 3.39. The Morgan fingerprint density at radius 1 is 1.03 bits per heavy atom. The van der Waals surface area contributed by atoms with Crippen molar-refractivity contribution >= 4 is 28.6 Å². The molecule has 4 aromatic rings. The number of benzene rings is 2. The number of halogens is 2. The molecule has 31 heavy (non-hydrogen) atoms. The van der Waals surface area contributed by atoms with Gasteiger partial charge in [-0.1, -0.05) is 60.1 Å². The summed E-state index contributed by atoms with van der Waals surface area (Å²) in [5.74, 6) is 0. The van der Waals surface area contributed by atoms with Gasteiger partial charge >= 0.3 is 0 Å². The van der Waals surface area contributed by atoms with Crippen molar-refractivity contribution in [2.45, 2.75) is 6.54 Å². The highest BCUT2D eigenvalue weighted by Gasteiger charge is 2.18. The zero-order chi connectivity index (χ0) is 21.3. The Kier molecular flexibility index (Phi) is 7.20. The van der Waals surface area contributed by atoms with Crippen LogP contribution in [0.2, 0.25) is 5.02 Å². The van der Waals surface area contributed by atoms with Crippen LogP contribution in [0.25, 0.3) is 22.5 Å². The summed E-state index contributed by atoms with van der Waals surface area (Å²) in [5.41, 5.74) is 4.06. The molecule has 5 nitrogen and oxygen atoms in total. The molecule has 0 unspecified atom stereocenters. The fraction of sp³-hybridized carbons (Fsp3) is 0.130. The Labute approximate surface area is 199 Å². The number of thiazole rings is 1. The molecular weight excluding hydrogens is 496 g/mol. The first-order valence-corrected chi connectivity index (χ1v) is 10.7. The van der Waals surface area contributed by atoms with E-state index < -0.39 is 0 Å². The van der Waals surface area contributed by atoms with Crippen LogP contribution in [0.1, 0.15) is 0 Å². The number of nitrogens with zero attached hydrogens (tertiary/aromatic N) is 4. The summed E-state index contributed by atoms with van der Waals surface area (Å²) < 4.78 is 5.47. The van der Waals surface area contributed by atoms with Crippen LogP contribution in [0.4, 0.5) is 5.69 Å². The summed E-state index contributed by atoms with van der Waals surface area (Å²) in [6.45, 7) is 4.46. The van der Waals surface area contributed by atoms with Crippen LogP contribution in [-0.2, 0) is 20.6 Å². The molecule has 0 aliphatic rings. The molecule has 0 saturated carbocycles. The Morgan fingerprint density at radius 3 is 2.35 bits per heavy atom. The van der Waals surface area contributed by atoms with E-state index in [1.165, 1.54) is 11.3 Å². The van der Waals surface area contributed by atoms with Gasteiger partial charge < -0.3 is 21.5 Å². The van der Waals surface area contributed by atoms with E-state index in [0.29, 0.717) is 17.3 Å². The van der Waals surface area contributed by atoms with Gasteiger partial charge in [0.2, 0.25) is 0 Å². The third-order valence-electron chi connectivity index (χ3n) is 5.00. The van der Waals surface area contributed by atoms with Crippen molar-refractivity contribution in [1.29, 1.82) is 0 Å². The molecule has 0 spiro atoms. The molecular formula is C23H21BrClN4OS-. The fourth-order valence-corrected chi connectivity index (χ4v) is 4.44. The maximum absolute atomic E-state index is 13.0. The van der Waals surface area contributed by atoms with Gasteiger partial charge in [0, 0.05) is 36.6 Å². The van der Waals surface area contributed by atoms with Crippen molar-refractivity contribution in [3.05, 3.63) is 92.8 Å². The van der Waals surface area contributed by atoms with Crippen molar-refractivity contribution in [3.63, 3.8) is 0 Å². The molecule has 0 radical (unpaired) electrons. The maximum atomic E-state index is 13.0. The first-order chi connectivity index (χ1) is 14.5. The van der Waals surface area contributed by atoms with Crippen LogP contribution in [0.5, 0.6) is 0 Å². The minimum Gasteiger partial charge on any atom is -1.00 e. The van der Waals surface area contributed by atoms with Gasteiger partial charge in [-0.15, -0.1) is 17.9 Å². The van der Waals surface area contributed by atoms with Crippen LogP contribution >= 0.6 is 22.9 Å². The lowest BCUT2D eigenvalue weighted by atomic mass is 10.1. The second-order valence-corrected chi connectivity index (χ2v) is 8.11. The van der Waals surface area contributed by atoms with E-state index in [4.69, 9.17) is 16.6 Å². The van der Waals surface area contributed by atoms with E-state index in [1.807, 2.05) is 77.8 Å². The molecule has 160 valence electrons. The summed E-state index contributed by atoms with van der Waals surface area (Å²) in [7, 11) is 3.62. The van der Waals surface area contributed by atoms with Gasteiger partial charge in [0.15, 0.2) is 10.5 Å². The molecule has 0 atom stereocenters. The van der Waals surface area contributed by atoms with Crippen LogP contribution in [0.15, 0.2) is 82.4 Å². The number of allylic oxidation sites excluding steroid dienone is 1. The van der Waals surface area contributed by atoms with Crippen molar-refractivity contribution in [3.8, 4) is 22.5 Å². The maximum Gasteiger partial charge on any atom is 0.293 e. The lowest BCUT2D eigenvalue weighted by molar-refractivity contribution is -0.00000600. The Morgan fingerprint density at radius 2 is 1.71 bits per heavy atom. The monoisotopic (exact) mass is 515 g/mol. The van der Waals surface area contributed by atoms with Gasteiger partial charge in [-0.25, -0.2) is 4.99 Å². The van der Waals surface area contributed by atoms with Gasteiger partial charge in [-0.05, 0) is 17.7 Å². The van der Waals surface area contributed by atoms with Crippen molar-refractivity contribution in [2.24, 2.45) is 19.1 Å². The molecule has 8 heteroatoms. The van der Waals surface area contributed by atoms with E-state index in [1.54, 1.807) is 11.7 Å². The van der Waals surface area contributed by atoms with Crippen molar-refractivity contribution < 1.29 is 17.0 Å². The lowest BCUT2D eigenvalue weighted by Gasteiger charge is -2.07. The van der Waals surface area contributed by atoms with Crippen LogP contribution in [-0.4, -0.2) is 13.9 Å². The number of hydrogen-bond acceptors (Lipinski definition) is 3. The number of hydrogen-bond donors (Lipinski definition) is 0. The molecule has 0 fully saturated rings. The Hall–Kier alpha value is -2.61. The molecule has 0 amide bonds. The van der Waals surface area contributed by atoms with Crippen LogP contribution in [0.3, 0.4) is 0 Å². The first kappa shape index (κ1) is 23.1. The van der Waals surface area contributed by atoms with Crippen LogP contribution < -0.4 is 27.3 Å². The second-order valence-electron chi connectivity index (χ2n) is 6.84. The highest BCUT2D eigenvalue weighted by molar-refractivity contribution is 7.07. The normalized spacial score (nSPS) is 11.4. The smallest absolute Gasteiger partial charge is 0.293 e. The highest BCUT2D eigenvalue weighted by Crippen LogP contribution is 2.28. The third-order valence-corrected chi connectivity index (χ3v) is 6.11. The molecule has 0 aliphatic heterocycles. The standard InChI is InChI=1S/C23H21ClN4OS.BrH/c1-4-14-28-19(16-10-12-18(24)13-11-16)15-30-23(28)25-20-21(17-8-6-5-7-9-17)26(2)27(3)22(20)29;/h4-13,15H,1,14H2,2-3H3;1H/p-1. The van der Waals surface area contributed by atoms with E-state index >= 15 is 0 Å². The Balaban J connectivity index is 0.00000272. The van der Waals surface area contributed by atoms with E-state index in [0.717, 1.165) is 27.3 Å². The predicted octanol–water partition coefficient (Wildman–Crippen LogP) is 2.00. The summed E-state index contributed by atoms with van der Waals surface area (Å²) in [6.07, 6.45) is 1.83. The summed E-state index contributed by atoms with van der Waals surface area (Å²) in [4.78, 5) is 18.6. The largest absolute Gasteiger partial charge is 1.00 e. The molecule has 0 aliphatic carbocycles. The topological polar surface area (TPSA) is 44.2 Å². The SMILES string of the molecule is C=CCn1c(-c2ccc(Cl)cc2)csc1=Nc1c(-c2ccccc2)n(C)n(C)c1=O.[Br-]. The molecule has 2 aromatic carbocycles. The van der Waals surface area contributed by atoms with Crippen molar-refractivity contribution in [1.82, 2.24) is 13.9 Å². The summed E-state index contributed by atoms with van der Waals surface area (Å²) in [6, 6.07) is 17.5. The molecule has 2 aromatic heterocycles. The average Bonchev–Trinajstić information content (AvgIpc) is 3.24. The van der Waals surface area contributed by atoms with Gasteiger partial charge in [-0.3, -0.25) is 14.2 Å².